The minimum atomic E-state index is -0.256. The zero-order chi connectivity index (χ0) is 25.9. The zero-order valence-corrected chi connectivity index (χ0v) is 23.2. The summed E-state index contributed by atoms with van der Waals surface area (Å²) in [7, 11) is 0. The van der Waals surface area contributed by atoms with E-state index in [0.717, 1.165) is 37.1 Å². The minimum absolute atomic E-state index is 0.0494. The van der Waals surface area contributed by atoms with Gasteiger partial charge in [0.15, 0.2) is 0 Å². The fraction of sp³-hybridized carbons (Fsp3) is 0.690. The molecule has 1 saturated carbocycles. The van der Waals surface area contributed by atoms with Gasteiger partial charge in [-0.2, -0.15) is 0 Å². The van der Waals surface area contributed by atoms with Crippen molar-refractivity contribution in [3.63, 3.8) is 0 Å². The summed E-state index contributed by atoms with van der Waals surface area (Å²) < 4.78 is 0. The summed E-state index contributed by atoms with van der Waals surface area (Å²) in [5, 5.41) is 2.98. The van der Waals surface area contributed by atoms with Crippen molar-refractivity contribution in [3.05, 3.63) is 29.8 Å². The van der Waals surface area contributed by atoms with Crippen LogP contribution in [0.5, 0.6) is 0 Å². The van der Waals surface area contributed by atoms with Gasteiger partial charge in [0.2, 0.25) is 11.8 Å². The number of amides is 4. The minimum Gasteiger partial charge on any atom is -0.342 e. The van der Waals surface area contributed by atoms with E-state index in [1.54, 1.807) is 11.8 Å². The van der Waals surface area contributed by atoms with Gasteiger partial charge >= 0.3 is 6.03 Å². The predicted octanol–water partition coefficient (Wildman–Crippen LogP) is 5.31. The second-order valence-corrected chi connectivity index (χ2v) is 13.0. The normalized spacial score (nSPS) is 25.5. The SMILES string of the molecule is CC(C)CCN1C(=O)C(CC(=O)N2CCC(N3Cc4ccccc4NC3=O)CC2)SC1C1CCCCC1. The molecule has 1 N–H and O–H groups in total. The zero-order valence-electron chi connectivity index (χ0n) is 22.4. The van der Waals surface area contributed by atoms with Gasteiger partial charge in [0.1, 0.15) is 0 Å². The quantitative estimate of drug-likeness (QED) is 0.523. The monoisotopic (exact) mass is 526 g/mol. The molecule has 1 aliphatic carbocycles. The molecule has 3 heterocycles. The van der Waals surface area contributed by atoms with Crippen LogP contribution in [0.2, 0.25) is 0 Å². The first-order chi connectivity index (χ1) is 17.9. The van der Waals surface area contributed by atoms with Gasteiger partial charge in [0.25, 0.3) is 0 Å². The number of hydrogen-bond donors (Lipinski definition) is 1. The molecule has 8 heteroatoms. The van der Waals surface area contributed by atoms with E-state index in [1.807, 2.05) is 28.0 Å². The van der Waals surface area contributed by atoms with Gasteiger partial charge in [-0.05, 0) is 55.6 Å². The van der Waals surface area contributed by atoms with E-state index >= 15 is 0 Å². The molecule has 3 aliphatic heterocycles. The number of piperidine rings is 1. The Labute approximate surface area is 225 Å². The lowest BCUT2D eigenvalue weighted by molar-refractivity contribution is -0.137. The van der Waals surface area contributed by atoms with Crippen molar-refractivity contribution in [2.24, 2.45) is 11.8 Å². The first-order valence-corrected chi connectivity index (χ1v) is 15.2. The summed E-state index contributed by atoms with van der Waals surface area (Å²) in [4.78, 5) is 45.5. The Balaban J connectivity index is 1.16. The first kappa shape index (κ1) is 26.4. The van der Waals surface area contributed by atoms with Gasteiger partial charge in [0, 0.05) is 44.3 Å². The largest absolute Gasteiger partial charge is 0.342 e. The number of urea groups is 1. The van der Waals surface area contributed by atoms with Crippen molar-refractivity contribution in [1.29, 1.82) is 0 Å². The molecule has 0 bridgehead atoms. The number of fused-ring (bicyclic) bond motifs is 1. The topological polar surface area (TPSA) is 73.0 Å². The highest BCUT2D eigenvalue weighted by Crippen LogP contribution is 2.43. The molecule has 2 unspecified atom stereocenters. The Morgan fingerprint density at radius 2 is 1.78 bits per heavy atom. The van der Waals surface area contributed by atoms with Crippen LogP contribution in [0, 0.1) is 11.8 Å². The van der Waals surface area contributed by atoms with E-state index in [9.17, 15) is 14.4 Å². The molecule has 0 radical (unpaired) electrons. The van der Waals surface area contributed by atoms with E-state index < -0.39 is 0 Å². The van der Waals surface area contributed by atoms with E-state index in [2.05, 4.69) is 30.1 Å². The highest BCUT2D eigenvalue weighted by atomic mass is 32.2. The lowest BCUT2D eigenvalue weighted by Crippen LogP contribution is -2.51. The molecule has 2 atom stereocenters. The molecule has 2 saturated heterocycles. The third-order valence-electron chi connectivity index (χ3n) is 8.65. The van der Waals surface area contributed by atoms with Crippen LogP contribution in [0.3, 0.4) is 0 Å². The molecule has 5 rings (SSSR count). The molecular weight excluding hydrogens is 484 g/mol. The molecule has 37 heavy (non-hydrogen) atoms. The second kappa shape index (κ2) is 11.7. The number of hydrogen-bond acceptors (Lipinski definition) is 4. The number of nitrogens with zero attached hydrogens (tertiary/aromatic N) is 3. The van der Waals surface area contributed by atoms with Crippen LogP contribution >= 0.6 is 11.8 Å². The number of carbonyl (C=O) groups excluding carboxylic acids is 3. The van der Waals surface area contributed by atoms with E-state index in [0.29, 0.717) is 37.9 Å². The number of carbonyl (C=O) groups is 3. The van der Waals surface area contributed by atoms with E-state index in [4.69, 9.17) is 0 Å². The molecule has 1 aromatic rings. The van der Waals surface area contributed by atoms with E-state index in [-0.39, 0.29) is 34.5 Å². The van der Waals surface area contributed by atoms with Crippen LogP contribution in [-0.4, -0.2) is 68.8 Å². The van der Waals surface area contributed by atoms with Crippen molar-refractivity contribution in [2.75, 3.05) is 25.0 Å². The van der Waals surface area contributed by atoms with Crippen LogP contribution in [0.25, 0.3) is 0 Å². The fourth-order valence-electron chi connectivity index (χ4n) is 6.40. The Bertz CT molecular complexity index is 987. The number of nitrogens with one attached hydrogen (secondary N) is 1. The Hall–Kier alpha value is -2.22. The number of para-hydroxylation sites is 1. The number of benzene rings is 1. The molecule has 0 spiro atoms. The molecule has 0 aromatic heterocycles. The highest BCUT2D eigenvalue weighted by molar-refractivity contribution is 8.01. The Kier molecular flexibility index (Phi) is 8.32. The smallest absolute Gasteiger partial charge is 0.322 e. The molecule has 202 valence electrons. The number of rotatable bonds is 7. The maximum Gasteiger partial charge on any atom is 0.322 e. The average Bonchev–Trinajstić information content (AvgIpc) is 3.22. The number of thioether (sulfide) groups is 1. The standard InChI is InChI=1S/C29H42N4O3S/c1-20(2)12-17-32-27(35)25(37-28(32)21-8-4-3-5-9-21)18-26(34)31-15-13-23(14-16-31)33-19-22-10-6-7-11-24(22)30-29(33)36/h6-7,10-11,20-21,23,25,28H,3-5,8-9,12-19H2,1-2H3,(H,30,36). The molecule has 7 nitrogen and oxygen atoms in total. The second-order valence-electron chi connectivity index (χ2n) is 11.7. The lowest BCUT2D eigenvalue weighted by Gasteiger charge is -2.40. The van der Waals surface area contributed by atoms with Crippen LogP contribution in [0.4, 0.5) is 10.5 Å². The van der Waals surface area contributed by atoms with Gasteiger partial charge in [-0.25, -0.2) is 4.79 Å². The molecule has 4 amide bonds. The Morgan fingerprint density at radius 1 is 1.05 bits per heavy atom. The maximum absolute atomic E-state index is 13.5. The summed E-state index contributed by atoms with van der Waals surface area (Å²) >= 11 is 1.76. The third kappa shape index (κ3) is 5.94. The fourth-order valence-corrected chi connectivity index (χ4v) is 8.08. The van der Waals surface area contributed by atoms with Gasteiger partial charge in [0.05, 0.1) is 10.6 Å². The van der Waals surface area contributed by atoms with Crippen molar-refractivity contribution < 1.29 is 14.4 Å². The summed E-state index contributed by atoms with van der Waals surface area (Å²) in [5.74, 6) is 1.38. The summed E-state index contributed by atoms with van der Waals surface area (Å²) in [6.07, 6.45) is 9.08. The number of likely N-dealkylation sites (tertiary alicyclic amines) is 1. The molecule has 4 aliphatic rings. The maximum atomic E-state index is 13.5. The molecular formula is C29H42N4O3S. The Morgan fingerprint density at radius 3 is 2.51 bits per heavy atom. The van der Waals surface area contributed by atoms with Crippen molar-refractivity contribution >= 4 is 35.3 Å². The van der Waals surface area contributed by atoms with Gasteiger partial charge in [-0.3, -0.25) is 9.59 Å². The van der Waals surface area contributed by atoms with Crippen molar-refractivity contribution in [1.82, 2.24) is 14.7 Å². The summed E-state index contributed by atoms with van der Waals surface area (Å²) in [5.41, 5.74) is 2.02. The van der Waals surface area contributed by atoms with Gasteiger partial charge in [-0.1, -0.05) is 51.3 Å². The van der Waals surface area contributed by atoms with Crippen LogP contribution < -0.4 is 5.32 Å². The van der Waals surface area contributed by atoms with Gasteiger partial charge < -0.3 is 20.0 Å². The van der Waals surface area contributed by atoms with Crippen LogP contribution in [0.15, 0.2) is 24.3 Å². The van der Waals surface area contributed by atoms with Crippen LogP contribution in [-0.2, 0) is 16.1 Å². The highest BCUT2D eigenvalue weighted by Gasteiger charge is 2.45. The molecule has 3 fully saturated rings. The van der Waals surface area contributed by atoms with Gasteiger partial charge in [-0.15, -0.1) is 11.8 Å². The first-order valence-electron chi connectivity index (χ1n) is 14.3. The molecule has 1 aromatic carbocycles. The summed E-state index contributed by atoms with van der Waals surface area (Å²) in [6, 6.07) is 8.01. The summed E-state index contributed by atoms with van der Waals surface area (Å²) in [6.45, 7) is 7.12. The van der Waals surface area contributed by atoms with Crippen molar-refractivity contribution in [3.8, 4) is 0 Å². The lowest BCUT2D eigenvalue weighted by atomic mass is 9.88. The van der Waals surface area contributed by atoms with Crippen LogP contribution in [0.1, 0.15) is 77.2 Å². The number of anilines is 1. The average molecular weight is 527 g/mol. The predicted molar refractivity (Wildman–Crippen MR) is 148 cm³/mol. The van der Waals surface area contributed by atoms with Crippen molar-refractivity contribution in [2.45, 2.75) is 94.8 Å². The van der Waals surface area contributed by atoms with E-state index in [1.165, 1.54) is 32.1 Å². The third-order valence-corrected chi connectivity index (χ3v) is 10.3.